The van der Waals surface area contributed by atoms with Gasteiger partial charge in [-0.25, -0.2) is 0 Å². The second kappa shape index (κ2) is 5.91. The van der Waals surface area contributed by atoms with Gasteiger partial charge < -0.3 is 5.73 Å². The van der Waals surface area contributed by atoms with E-state index in [0.29, 0.717) is 0 Å². The van der Waals surface area contributed by atoms with Crippen LogP contribution in [0.3, 0.4) is 0 Å². The molecule has 0 radical (unpaired) electrons. The maximum atomic E-state index is 5.68. The molecule has 0 saturated carbocycles. The van der Waals surface area contributed by atoms with Crippen LogP contribution >= 0.6 is 11.8 Å². The first-order chi connectivity index (χ1) is 8.70. The quantitative estimate of drug-likeness (QED) is 0.669. The Morgan fingerprint density at radius 2 is 1.89 bits per heavy atom. The molecule has 2 aromatic rings. The molecule has 2 nitrogen and oxygen atoms in total. The number of aromatic nitrogens is 1. The van der Waals surface area contributed by atoms with Crippen molar-refractivity contribution in [2.24, 2.45) is 0 Å². The second-order valence-electron chi connectivity index (χ2n) is 4.25. The van der Waals surface area contributed by atoms with Gasteiger partial charge in [0.2, 0.25) is 0 Å². The van der Waals surface area contributed by atoms with Crippen molar-refractivity contribution in [3.8, 4) is 0 Å². The second-order valence-corrected chi connectivity index (χ2v) is 5.29. The van der Waals surface area contributed by atoms with Crippen LogP contribution in [0.1, 0.15) is 23.7 Å². The number of hydrogen-bond donors (Lipinski definition) is 1. The molecule has 18 heavy (non-hydrogen) atoms. The van der Waals surface area contributed by atoms with E-state index in [0.717, 1.165) is 23.6 Å². The fourth-order valence-corrected chi connectivity index (χ4v) is 2.93. The van der Waals surface area contributed by atoms with Crippen LogP contribution in [-0.4, -0.2) is 4.98 Å². The van der Waals surface area contributed by atoms with Crippen molar-refractivity contribution in [2.45, 2.75) is 30.9 Å². The lowest BCUT2D eigenvalue weighted by Gasteiger charge is -2.10. The van der Waals surface area contributed by atoms with Gasteiger partial charge in [-0.05, 0) is 54.8 Å². The minimum Gasteiger partial charge on any atom is -0.399 e. The smallest absolute Gasteiger partial charge is 0.0415 e. The summed E-state index contributed by atoms with van der Waals surface area (Å²) in [5.74, 6) is 0.965. The number of nitrogens with two attached hydrogens (primary N) is 1. The van der Waals surface area contributed by atoms with Gasteiger partial charge in [-0.2, -0.15) is 0 Å². The summed E-state index contributed by atoms with van der Waals surface area (Å²) in [6, 6.07) is 10.1. The van der Waals surface area contributed by atoms with Crippen LogP contribution in [0.25, 0.3) is 0 Å². The van der Waals surface area contributed by atoms with Crippen molar-refractivity contribution in [2.75, 3.05) is 5.73 Å². The highest BCUT2D eigenvalue weighted by Crippen LogP contribution is 2.26. The third-order valence-corrected chi connectivity index (χ3v) is 4.05. The van der Waals surface area contributed by atoms with Crippen LogP contribution in [-0.2, 0) is 12.2 Å². The van der Waals surface area contributed by atoms with Crippen LogP contribution < -0.4 is 5.73 Å². The summed E-state index contributed by atoms with van der Waals surface area (Å²) in [6.45, 7) is 4.27. The molecular weight excluding hydrogens is 240 g/mol. The van der Waals surface area contributed by atoms with Crippen molar-refractivity contribution in [1.29, 1.82) is 0 Å². The summed E-state index contributed by atoms with van der Waals surface area (Å²) >= 11 is 1.83. The summed E-state index contributed by atoms with van der Waals surface area (Å²) in [4.78, 5) is 5.63. The first-order valence-electron chi connectivity index (χ1n) is 6.12. The number of pyridine rings is 1. The highest BCUT2D eigenvalue weighted by atomic mass is 32.2. The number of thioether (sulfide) groups is 1. The average molecular weight is 258 g/mol. The van der Waals surface area contributed by atoms with E-state index in [2.05, 4.69) is 37.0 Å². The molecule has 0 spiro atoms. The van der Waals surface area contributed by atoms with E-state index in [4.69, 9.17) is 5.73 Å². The number of benzene rings is 1. The van der Waals surface area contributed by atoms with E-state index in [1.54, 1.807) is 0 Å². The molecule has 1 aromatic heterocycles. The van der Waals surface area contributed by atoms with Gasteiger partial charge in [0.15, 0.2) is 0 Å². The van der Waals surface area contributed by atoms with E-state index in [-0.39, 0.29) is 0 Å². The summed E-state index contributed by atoms with van der Waals surface area (Å²) in [7, 11) is 0. The van der Waals surface area contributed by atoms with E-state index in [1.165, 1.54) is 16.0 Å². The lowest BCUT2D eigenvalue weighted by Crippen LogP contribution is -1.97. The van der Waals surface area contributed by atoms with E-state index in [1.807, 2.05) is 30.1 Å². The Morgan fingerprint density at radius 1 is 1.17 bits per heavy atom. The lowest BCUT2D eigenvalue weighted by molar-refractivity contribution is 1.04. The number of anilines is 1. The molecule has 0 bridgehead atoms. The molecule has 1 aromatic carbocycles. The molecular formula is C15H18N2S. The Morgan fingerprint density at radius 3 is 2.56 bits per heavy atom. The third-order valence-electron chi connectivity index (χ3n) is 3.01. The fraction of sp³-hybridized carbons (Fsp3) is 0.267. The molecule has 0 atom stereocenters. The van der Waals surface area contributed by atoms with Gasteiger partial charge in [0.05, 0.1) is 0 Å². The number of rotatable bonds is 4. The zero-order valence-electron chi connectivity index (χ0n) is 10.8. The Hall–Kier alpha value is -1.48. The fourth-order valence-electron chi connectivity index (χ4n) is 1.90. The molecule has 0 aliphatic rings. The monoisotopic (exact) mass is 258 g/mol. The minimum atomic E-state index is 0.811. The lowest BCUT2D eigenvalue weighted by atomic mass is 10.1. The van der Waals surface area contributed by atoms with Crippen LogP contribution in [0.2, 0.25) is 0 Å². The zero-order valence-corrected chi connectivity index (χ0v) is 11.6. The van der Waals surface area contributed by atoms with Crippen molar-refractivity contribution < 1.29 is 0 Å². The maximum absolute atomic E-state index is 5.68. The van der Waals surface area contributed by atoms with E-state index >= 15 is 0 Å². The van der Waals surface area contributed by atoms with E-state index < -0.39 is 0 Å². The van der Waals surface area contributed by atoms with Gasteiger partial charge in [-0.3, -0.25) is 4.98 Å². The van der Waals surface area contributed by atoms with Crippen LogP contribution in [0, 0.1) is 6.92 Å². The molecule has 0 saturated heterocycles. The Bertz CT molecular complexity index is 521. The topological polar surface area (TPSA) is 38.9 Å². The third kappa shape index (κ3) is 3.05. The maximum Gasteiger partial charge on any atom is 0.0415 e. The molecule has 0 amide bonds. The largest absolute Gasteiger partial charge is 0.399 e. The van der Waals surface area contributed by atoms with E-state index in [9.17, 15) is 0 Å². The SMILES string of the molecule is CCc1ccnc(C)c1CSc1ccc(N)cc1. The Labute approximate surface area is 113 Å². The van der Waals surface area contributed by atoms with Crippen molar-refractivity contribution in [1.82, 2.24) is 4.98 Å². The molecule has 94 valence electrons. The van der Waals surface area contributed by atoms with Gasteiger partial charge in [0, 0.05) is 28.2 Å². The minimum absolute atomic E-state index is 0.811. The highest BCUT2D eigenvalue weighted by molar-refractivity contribution is 7.98. The predicted molar refractivity (Wildman–Crippen MR) is 78.8 cm³/mol. The first-order valence-corrected chi connectivity index (χ1v) is 7.11. The number of hydrogen-bond acceptors (Lipinski definition) is 3. The summed E-state index contributed by atoms with van der Waals surface area (Å²) in [5.41, 5.74) is 10.4. The number of aryl methyl sites for hydroxylation is 2. The normalized spacial score (nSPS) is 10.6. The van der Waals surface area contributed by atoms with Gasteiger partial charge in [-0.1, -0.05) is 6.92 Å². The van der Waals surface area contributed by atoms with Crippen molar-refractivity contribution in [3.63, 3.8) is 0 Å². The average Bonchev–Trinajstić information content (AvgIpc) is 2.39. The molecule has 0 unspecified atom stereocenters. The highest BCUT2D eigenvalue weighted by Gasteiger charge is 2.06. The molecule has 3 heteroatoms. The number of nitrogens with zero attached hydrogens (tertiary/aromatic N) is 1. The summed E-state index contributed by atoms with van der Waals surface area (Å²) in [6.07, 6.45) is 2.95. The standard InChI is InChI=1S/C15H18N2S/c1-3-12-8-9-17-11(2)15(12)10-18-14-6-4-13(16)5-7-14/h4-9H,3,10,16H2,1-2H3. The number of nitrogen functional groups attached to an aromatic ring is 1. The van der Waals surface area contributed by atoms with Crippen LogP contribution in [0.5, 0.6) is 0 Å². The molecule has 2 rings (SSSR count). The molecule has 0 fully saturated rings. The summed E-state index contributed by atoms with van der Waals surface area (Å²) < 4.78 is 0. The molecule has 2 N–H and O–H groups in total. The van der Waals surface area contributed by atoms with Crippen LogP contribution in [0.15, 0.2) is 41.4 Å². The van der Waals surface area contributed by atoms with Gasteiger partial charge in [0.25, 0.3) is 0 Å². The van der Waals surface area contributed by atoms with Crippen molar-refractivity contribution in [3.05, 3.63) is 53.3 Å². The Balaban J connectivity index is 2.12. The van der Waals surface area contributed by atoms with Gasteiger partial charge in [0.1, 0.15) is 0 Å². The molecule has 1 heterocycles. The first kappa shape index (κ1) is 13.0. The molecule has 0 aliphatic carbocycles. The Kier molecular flexibility index (Phi) is 4.26. The molecule has 0 aliphatic heterocycles. The van der Waals surface area contributed by atoms with Gasteiger partial charge in [-0.15, -0.1) is 11.8 Å². The van der Waals surface area contributed by atoms with Gasteiger partial charge >= 0.3 is 0 Å². The predicted octanol–water partition coefficient (Wildman–Crippen LogP) is 3.83. The van der Waals surface area contributed by atoms with Crippen LogP contribution in [0.4, 0.5) is 5.69 Å². The summed E-state index contributed by atoms with van der Waals surface area (Å²) in [5, 5.41) is 0. The zero-order chi connectivity index (χ0) is 13.0. The van der Waals surface area contributed by atoms with Crippen molar-refractivity contribution >= 4 is 17.4 Å².